The van der Waals surface area contributed by atoms with Gasteiger partial charge in [-0.25, -0.2) is 4.68 Å². The number of benzene rings is 2. The van der Waals surface area contributed by atoms with Gasteiger partial charge in [0.25, 0.3) is 0 Å². The average molecular weight is 330 g/mol. The van der Waals surface area contributed by atoms with Crippen molar-refractivity contribution in [2.75, 3.05) is 7.11 Å². The molecule has 0 bridgehead atoms. The fourth-order valence-corrected chi connectivity index (χ4v) is 2.53. The highest BCUT2D eigenvalue weighted by Crippen LogP contribution is 2.28. The maximum Gasteiger partial charge on any atom is 0.387 e. The molecule has 1 aromatic heterocycles. The van der Waals surface area contributed by atoms with E-state index in [1.165, 1.54) is 12.1 Å². The van der Waals surface area contributed by atoms with Gasteiger partial charge in [-0.1, -0.05) is 0 Å². The molecule has 0 atom stereocenters. The molecule has 4 nitrogen and oxygen atoms in total. The summed E-state index contributed by atoms with van der Waals surface area (Å²) in [6.45, 7) is -0.863. The molecule has 0 amide bonds. The maximum atomic E-state index is 12.2. The molecule has 0 spiro atoms. The molecule has 0 aliphatic heterocycles. The van der Waals surface area contributed by atoms with E-state index in [1.807, 2.05) is 31.2 Å². The van der Waals surface area contributed by atoms with E-state index in [9.17, 15) is 8.78 Å². The Morgan fingerprint density at radius 1 is 1.04 bits per heavy atom. The highest BCUT2D eigenvalue weighted by molar-refractivity contribution is 5.64. The first-order valence-electron chi connectivity index (χ1n) is 7.33. The first-order valence-corrected chi connectivity index (χ1v) is 7.33. The molecule has 0 unspecified atom stereocenters. The lowest BCUT2D eigenvalue weighted by molar-refractivity contribution is -0.0498. The molecule has 0 aliphatic carbocycles. The van der Waals surface area contributed by atoms with Crippen molar-refractivity contribution in [3.63, 3.8) is 0 Å². The molecule has 6 heteroatoms. The van der Waals surface area contributed by atoms with Gasteiger partial charge in [-0.3, -0.25) is 0 Å². The van der Waals surface area contributed by atoms with E-state index in [4.69, 9.17) is 4.74 Å². The topological polar surface area (TPSA) is 36.3 Å². The number of halogens is 2. The van der Waals surface area contributed by atoms with Crippen LogP contribution in [0.5, 0.6) is 11.5 Å². The Morgan fingerprint density at radius 2 is 1.79 bits per heavy atom. The lowest BCUT2D eigenvalue weighted by Gasteiger charge is -2.11. The zero-order chi connectivity index (χ0) is 17.1. The Balaban J connectivity index is 1.94. The molecule has 0 saturated heterocycles. The number of methoxy groups -OCH3 is 1. The molecule has 124 valence electrons. The van der Waals surface area contributed by atoms with Gasteiger partial charge in [-0.05, 0) is 61.0 Å². The predicted octanol–water partition coefficient (Wildman–Crippen LogP) is 4.46. The number of aromatic nitrogens is 2. The Labute approximate surface area is 138 Å². The number of rotatable bonds is 5. The zero-order valence-electron chi connectivity index (χ0n) is 13.2. The second-order valence-electron chi connectivity index (χ2n) is 5.19. The standard InChI is InChI=1S/C18H16F2N2O2/c1-12-11-13(3-8-17(12)23-2)16-9-10-21-22(16)14-4-6-15(7-5-14)24-18(19)20/h3-11,18H,1-2H3. The summed E-state index contributed by atoms with van der Waals surface area (Å²) in [7, 11) is 1.63. The monoisotopic (exact) mass is 330 g/mol. The van der Waals surface area contributed by atoms with Gasteiger partial charge in [0, 0.05) is 5.56 Å². The minimum Gasteiger partial charge on any atom is -0.496 e. The lowest BCUT2D eigenvalue weighted by atomic mass is 10.1. The van der Waals surface area contributed by atoms with E-state index in [1.54, 1.807) is 30.1 Å². The third-order valence-electron chi connectivity index (χ3n) is 3.64. The SMILES string of the molecule is COc1ccc(-c2ccnn2-c2ccc(OC(F)F)cc2)cc1C. The number of ether oxygens (including phenoxy) is 2. The van der Waals surface area contributed by atoms with Crippen LogP contribution >= 0.6 is 0 Å². The fourth-order valence-electron chi connectivity index (χ4n) is 2.53. The normalized spacial score (nSPS) is 10.9. The number of aryl methyl sites for hydroxylation is 1. The number of hydrogen-bond donors (Lipinski definition) is 0. The minimum atomic E-state index is -2.83. The third kappa shape index (κ3) is 3.22. The largest absolute Gasteiger partial charge is 0.496 e. The number of alkyl halides is 2. The number of nitrogens with zero attached hydrogens (tertiary/aromatic N) is 2. The van der Waals surface area contributed by atoms with Gasteiger partial charge in [-0.2, -0.15) is 13.9 Å². The van der Waals surface area contributed by atoms with Crippen molar-refractivity contribution in [1.29, 1.82) is 0 Å². The molecule has 0 N–H and O–H groups in total. The van der Waals surface area contributed by atoms with E-state index >= 15 is 0 Å². The van der Waals surface area contributed by atoms with Crippen molar-refractivity contribution < 1.29 is 18.3 Å². The predicted molar refractivity (Wildman–Crippen MR) is 86.9 cm³/mol. The zero-order valence-corrected chi connectivity index (χ0v) is 13.2. The Morgan fingerprint density at radius 3 is 2.42 bits per heavy atom. The van der Waals surface area contributed by atoms with Gasteiger partial charge in [0.2, 0.25) is 0 Å². The van der Waals surface area contributed by atoms with Crippen LogP contribution in [0.2, 0.25) is 0 Å². The highest BCUT2D eigenvalue weighted by atomic mass is 19.3. The van der Waals surface area contributed by atoms with Crippen molar-refractivity contribution in [2.45, 2.75) is 13.5 Å². The Bertz CT molecular complexity index is 829. The summed E-state index contributed by atoms with van der Waals surface area (Å²) >= 11 is 0. The first kappa shape index (κ1) is 16.0. The summed E-state index contributed by atoms with van der Waals surface area (Å²) in [5.74, 6) is 0.932. The molecule has 0 aliphatic rings. The highest BCUT2D eigenvalue weighted by Gasteiger charge is 2.10. The van der Waals surface area contributed by atoms with Crippen molar-refractivity contribution in [3.8, 4) is 28.4 Å². The van der Waals surface area contributed by atoms with Crippen LogP contribution in [0.15, 0.2) is 54.7 Å². The van der Waals surface area contributed by atoms with Crippen LogP contribution < -0.4 is 9.47 Å². The van der Waals surface area contributed by atoms with Crippen LogP contribution in [0.3, 0.4) is 0 Å². The van der Waals surface area contributed by atoms with E-state index in [0.29, 0.717) is 0 Å². The van der Waals surface area contributed by atoms with Gasteiger partial charge >= 0.3 is 6.61 Å². The van der Waals surface area contributed by atoms with Crippen LogP contribution in [-0.2, 0) is 0 Å². The van der Waals surface area contributed by atoms with Crippen molar-refractivity contribution in [3.05, 3.63) is 60.3 Å². The van der Waals surface area contributed by atoms with Gasteiger partial charge in [0.15, 0.2) is 0 Å². The molecule has 2 aromatic carbocycles. The average Bonchev–Trinajstić information content (AvgIpc) is 3.04. The fraction of sp³-hybridized carbons (Fsp3) is 0.167. The quantitative estimate of drug-likeness (QED) is 0.693. The molecule has 1 heterocycles. The van der Waals surface area contributed by atoms with Gasteiger partial charge in [0.05, 0.1) is 24.7 Å². The van der Waals surface area contributed by atoms with Gasteiger partial charge < -0.3 is 9.47 Å². The second-order valence-corrected chi connectivity index (χ2v) is 5.19. The molecule has 3 rings (SSSR count). The van der Waals surface area contributed by atoms with Crippen LogP contribution in [0.25, 0.3) is 16.9 Å². The molecule has 0 saturated carbocycles. The van der Waals surface area contributed by atoms with E-state index in [-0.39, 0.29) is 5.75 Å². The molecule has 0 fully saturated rings. The summed E-state index contributed by atoms with van der Waals surface area (Å²) in [5, 5.41) is 4.32. The summed E-state index contributed by atoms with van der Waals surface area (Å²) in [4.78, 5) is 0. The number of hydrogen-bond acceptors (Lipinski definition) is 3. The lowest BCUT2D eigenvalue weighted by Crippen LogP contribution is -2.03. The van der Waals surface area contributed by atoms with Crippen LogP contribution in [0.1, 0.15) is 5.56 Å². The van der Waals surface area contributed by atoms with E-state index in [2.05, 4.69) is 9.84 Å². The molecule has 3 aromatic rings. The molecular formula is C18H16F2N2O2. The Hall–Kier alpha value is -2.89. The smallest absolute Gasteiger partial charge is 0.387 e. The van der Waals surface area contributed by atoms with Gasteiger partial charge in [0.1, 0.15) is 11.5 Å². The van der Waals surface area contributed by atoms with Gasteiger partial charge in [-0.15, -0.1) is 0 Å². The van der Waals surface area contributed by atoms with Crippen molar-refractivity contribution in [2.24, 2.45) is 0 Å². The van der Waals surface area contributed by atoms with Crippen molar-refractivity contribution in [1.82, 2.24) is 9.78 Å². The molecule has 24 heavy (non-hydrogen) atoms. The summed E-state index contributed by atoms with van der Waals surface area (Å²) in [6, 6.07) is 14.1. The summed E-state index contributed by atoms with van der Waals surface area (Å²) in [6.07, 6.45) is 1.69. The Kier molecular flexibility index (Phi) is 4.46. The maximum absolute atomic E-state index is 12.2. The summed E-state index contributed by atoms with van der Waals surface area (Å²) < 4.78 is 35.8. The molecular weight excluding hydrogens is 314 g/mol. The first-order chi connectivity index (χ1) is 11.6. The van der Waals surface area contributed by atoms with Crippen molar-refractivity contribution >= 4 is 0 Å². The van der Waals surface area contributed by atoms with Crippen LogP contribution in [0.4, 0.5) is 8.78 Å². The van der Waals surface area contributed by atoms with Crippen LogP contribution in [-0.4, -0.2) is 23.5 Å². The minimum absolute atomic E-state index is 0.114. The third-order valence-corrected chi connectivity index (χ3v) is 3.64. The van der Waals surface area contributed by atoms with E-state index in [0.717, 1.165) is 28.3 Å². The molecule has 0 radical (unpaired) electrons. The summed E-state index contributed by atoms with van der Waals surface area (Å²) in [5.41, 5.74) is 3.65. The van der Waals surface area contributed by atoms with Crippen LogP contribution in [0, 0.1) is 6.92 Å². The second kappa shape index (κ2) is 6.70. The van der Waals surface area contributed by atoms with E-state index < -0.39 is 6.61 Å².